The maximum Gasteiger partial charge on any atom is 0.252 e. The summed E-state index contributed by atoms with van der Waals surface area (Å²) in [6.45, 7) is 9.04. The zero-order valence-corrected chi connectivity index (χ0v) is 20.4. The summed E-state index contributed by atoms with van der Waals surface area (Å²) in [5.74, 6) is 0.544. The molecular formula is C25H32ClN5O2. The summed E-state index contributed by atoms with van der Waals surface area (Å²) in [4.78, 5) is 38.0. The van der Waals surface area contributed by atoms with Crippen molar-refractivity contribution in [3.8, 4) is 11.3 Å². The van der Waals surface area contributed by atoms with Crippen LogP contribution in [-0.2, 0) is 11.3 Å². The molecule has 1 atom stereocenters. The molecule has 1 aromatic carbocycles. The van der Waals surface area contributed by atoms with Gasteiger partial charge in [0.15, 0.2) is 0 Å². The number of hydrogen-bond acceptors (Lipinski definition) is 5. The van der Waals surface area contributed by atoms with Crippen molar-refractivity contribution in [1.29, 1.82) is 0 Å². The molecule has 0 bridgehead atoms. The van der Waals surface area contributed by atoms with Gasteiger partial charge in [-0.15, -0.1) is 0 Å². The average molecular weight is 470 g/mol. The van der Waals surface area contributed by atoms with Crippen LogP contribution in [-0.4, -0.2) is 57.3 Å². The van der Waals surface area contributed by atoms with Crippen LogP contribution in [0.2, 0.25) is 5.02 Å². The Bertz CT molecular complexity index is 1070. The first-order valence-electron chi connectivity index (χ1n) is 11.7. The lowest BCUT2D eigenvalue weighted by Gasteiger charge is -2.41. The summed E-state index contributed by atoms with van der Waals surface area (Å²) in [6.07, 6.45) is 5.88. The van der Waals surface area contributed by atoms with Gasteiger partial charge in [-0.05, 0) is 56.9 Å². The van der Waals surface area contributed by atoms with Gasteiger partial charge in [-0.25, -0.2) is 9.97 Å². The highest BCUT2D eigenvalue weighted by molar-refractivity contribution is 6.31. The Morgan fingerprint density at radius 3 is 2.58 bits per heavy atom. The van der Waals surface area contributed by atoms with Crippen LogP contribution < -0.4 is 5.73 Å². The Morgan fingerprint density at radius 1 is 1.18 bits per heavy atom. The maximum atomic E-state index is 12.9. The third kappa shape index (κ3) is 5.04. The number of benzene rings is 1. The van der Waals surface area contributed by atoms with Gasteiger partial charge in [0, 0.05) is 54.9 Å². The molecule has 2 fully saturated rings. The van der Waals surface area contributed by atoms with E-state index < -0.39 is 5.91 Å². The van der Waals surface area contributed by atoms with E-state index in [0.717, 1.165) is 49.2 Å². The number of piperazine rings is 1. The molecule has 176 valence electrons. The Hall–Kier alpha value is -2.51. The van der Waals surface area contributed by atoms with Crippen LogP contribution in [0.3, 0.4) is 0 Å². The topological polar surface area (TPSA) is 92.4 Å². The normalized spacial score (nSPS) is 19.8. The molecule has 1 unspecified atom stereocenters. The van der Waals surface area contributed by atoms with E-state index in [2.05, 4.69) is 26.7 Å². The Kier molecular flexibility index (Phi) is 7.00. The molecule has 2 N–H and O–H groups in total. The van der Waals surface area contributed by atoms with Gasteiger partial charge in [-0.1, -0.05) is 24.4 Å². The smallest absolute Gasteiger partial charge is 0.252 e. The first kappa shape index (κ1) is 23.6. The van der Waals surface area contributed by atoms with Gasteiger partial charge in [0.25, 0.3) is 5.91 Å². The number of primary amides is 1. The van der Waals surface area contributed by atoms with Crippen molar-refractivity contribution in [2.24, 2.45) is 11.7 Å². The molecule has 2 aliphatic rings. The van der Waals surface area contributed by atoms with E-state index >= 15 is 0 Å². The van der Waals surface area contributed by atoms with Gasteiger partial charge >= 0.3 is 0 Å². The van der Waals surface area contributed by atoms with E-state index in [1.54, 1.807) is 6.92 Å². The molecule has 33 heavy (non-hydrogen) atoms. The van der Waals surface area contributed by atoms with Crippen molar-refractivity contribution in [2.45, 2.75) is 59.0 Å². The number of aromatic nitrogens is 2. The summed E-state index contributed by atoms with van der Waals surface area (Å²) in [5.41, 5.74) is 9.25. The summed E-state index contributed by atoms with van der Waals surface area (Å²) >= 11 is 6.50. The highest BCUT2D eigenvalue weighted by atomic mass is 35.5. The molecular weight excluding hydrogens is 438 g/mol. The quantitative estimate of drug-likeness (QED) is 0.720. The van der Waals surface area contributed by atoms with Crippen molar-refractivity contribution < 1.29 is 9.59 Å². The molecule has 0 radical (unpaired) electrons. The number of rotatable bonds is 5. The molecule has 2 heterocycles. The summed E-state index contributed by atoms with van der Waals surface area (Å²) in [7, 11) is 0. The third-order valence-corrected chi connectivity index (χ3v) is 7.22. The average Bonchev–Trinajstić information content (AvgIpc) is 3.30. The van der Waals surface area contributed by atoms with Crippen LogP contribution in [0.1, 0.15) is 59.9 Å². The highest BCUT2D eigenvalue weighted by Gasteiger charge is 2.33. The summed E-state index contributed by atoms with van der Waals surface area (Å²) < 4.78 is 0. The Morgan fingerprint density at radius 2 is 1.91 bits per heavy atom. The van der Waals surface area contributed by atoms with Crippen LogP contribution in [0.15, 0.2) is 18.3 Å². The molecule has 2 amide bonds. The van der Waals surface area contributed by atoms with Crippen molar-refractivity contribution in [3.05, 3.63) is 45.9 Å². The molecule has 8 heteroatoms. The standard InChI is InChI=1S/C25H32ClN5O2/c1-15-13-30(8-9-31(15)25(33)18-6-4-5-7-18)14-19-10-20(26)11-21(16(19)2)23-22(24(27)32)12-28-17(3)29-23/h10-12,15,18H,4-9,13-14H2,1-3H3,(H2,27,32). The van der Waals surface area contributed by atoms with Crippen molar-refractivity contribution in [2.75, 3.05) is 19.6 Å². The number of carbonyl (C=O) groups is 2. The lowest BCUT2D eigenvalue weighted by Crippen LogP contribution is -2.54. The van der Waals surface area contributed by atoms with Crippen molar-refractivity contribution in [3.63, 3.8) is 0 Å². The van der Waals surface area contributed by atoms with Crippen LogP contribution >= 0.6 is 11.6 Å². The van der Waals surface area contributed by atoms with Gasteiger partial charge < -0.3 is 10.6 Å². The summed E-state index contributed by atoms with van der Waals surface area (Å²) in [6, 6.07) is 3.98. The van der Waals surface area contributed by atoms with Crippen LogP contribution in [0.4, 0.5) is 0 Å². The fourth-order valence-corrected chi connectivity index (χ4v) is 5.39. The second-order valence-electron chi connectivity index (χ2n) is 9.38. The minimum atomic E-state index is -0.567. The van der Waals surface area contributed by atoms with Gasteiger partial charge in [0.2, 0.25) is 5.91 Å². The lowest BCUT2D eigenvalue weighted by molar-refractivity contribution is -0.140. The predicted molar refractivity (Wildman–Crippen MR) is 129 cm³/mol. The molecule has 7 nitrogen and oxygen atoms in total. The first-order chi connectivity index (χ1) is 15.7. The third-order valence-electron chi connectivity index (χ3n) is 7.00. The monoisotopic (exact) mass is 469 g/mol. The predicted octanol–water partition coefficient (Wildman–Crippen LogP) is 3.74. The first-order valence-corrected chi connectivity index (χ1v) is 12.1. The molecule has 1 aliphatic heterocycles. The van der Waals surface area contributed by atoms with E-state index in [1.165, 1.54) is 19.0 Å². The van der Waals surface area contributed by atoms with E-state index in [-0.39, 0.29) is 17.5 Å². The van der Waals surface area contributed by atoms with E-state index in [0.29, 0.717) is 29.0 Å². The number of aryl methyl sites for hydroxylation is 1. The zero-order chi connectivity index (χ0) is 23.7. The number of nitrogens with two attached hydrogens (primary N) is 1. The number of carbonyl (C=O) groups excluding carboxylic acids is 2. The number of halogens is 1. The molecule has 0 spiro atoms. The van der Waals surface area contributed by atoms with Crippen molar-refractivity contribution >= 4 is 23.4 Å². The van der Waals surface area contributed by atoms with E-state index in [1.807, 2.05) is 19.1 Å². The largest absolute Gasteiger partial charge is 0.365 e. The molecule has 1 aliphatic carbocycles. The molecule has 1 saturated carbocycles. The van der Waals surface area contributed by atoms with E-state index in [4.69, 9.17) is 17.3 Å². The lowest BCUT2D eigenvalue weighted by atomic mass is 9.96. The van der Waals surface area contributed by atoms with Gasteiger partial charge in [-0.3, -0.25) is 14.5 Å². The Balaban J connectivity index is 1.55. The van der Waals surface area contributed by atoms with Crippen LogP contribution in [0.25, 0.3) is 11.3 Å². The number of nitrogens with zero attached hydrogens (tertiary/aromatic N) is 4. The minimum absolute atomic E-state index is 0.178. The fraction of sp³-hybridized carbons (Fsp3) is 0.520. The number of hydrogen-bond donors (Lipinski definition) is 1. The molecule has 1 aromatic heterocycles. The second kappa shape index (κ2) is 9.77. The van der Waals surface area contributed by atoms with Gasteiger partial charge in [0.05, 0.1) is 11.3 Å². The minimum Gasteiger partial charge on any atom is -0.365 e. The molecule has 4 rings (SSSR count). The molecule has 1 saturated heterocycles. The highest BCUT2D eigenvalue weighted by Crippen LogP contribution is 2.32. The van der Waals surface area contributed by atoms with E-state index in [9.17, 15) is 9.59 Å². The van der Waals surface area contributed by atoms with Gasteiger partial charge in [0.1, 0.15) is 5.82 Å². The van der Waals surface area contributed by atoms with Crippen LogP contribution in [0.5, 0.6) is 0 Å². The number of amides is 2. The van der Waals surface area contributed by atoms with Crippen LogP contribution in [0, 0.1) is 19.8 Å². The Labute approximate surface area is 200 Å². The fourth-order valence-electron chi connectivity index (χ4n) is 5.15. The molecule has 2 aromatic rings. The summed E-state index contributed by atoms with van der Waals surface area (Å²) in [5, 5.41) is 0.584. The van der Waals surface area contributed by atoms with Crippen molar-refractivity contribution in [1.82, 2.24) is 19.8 Å². The maximum absolute atomic E-state index is 12.9. The zero-order valence-electron chi connectivity index (χ0n) is 19.6. The SMILES string of the molecule is Cc1ncc(C(N)=O)c(-c2cc(Cl)cc(CN3CCN(C(=O)C4CCCC4)C(C)C3)c2C)n1. The van der Waals surface area contributed by atoms with Gasteiger partial charge in [-0.2, -0.15) is 0 Å². The second-order valence-corrected chi connectivity index (χ2v) is 9.81.